The molecule has 1 heterocycles. The van der Waals surface area contributed by atoms with Crippen LogP contribution in [0.25, 0.3) is 0 Å². The maximum absolute atomic E-state index is 11.5. The fraction of sp³-hybridized carbons (Fsp3) is 0.600. The third-order valence-electron chi connectivity index (χ3n) is 2.31. The quantitative estimate of drug-likeness (QED) is 0.305. The van der Waals surface area contributed by atoms with Crippen LogP contribution in [-0.2, 0) is 23.8 Å². The summed E-state index contributed by atoms with van der Waals surface area (Å²) in [6, 6.07) is 0. The number of esters is 2. The Morgan fingerprint density at radius 1 is 1.20 bits per heavy atom. The Morgan fingerprint density at radius 3 is 2.00 bits per heavy atom. The van der Waals surface area contributed by atoms with Gasteiger partial charge < -0.3 is 14.2 Å². The standard InChI is InChI=1S/C10H14O5/c1-4-10(5-2)14-8(11)7(6-13-3)9(12)15-10/h6H,4-5H2,1-3H3. The average Bonchev–Trinajstić information content (AvgIpc) is 2.23. The Labute approximate surface area is 88.0 Å². The van der Waals surface area contributed by atoms with Crippen LogP contribution in [0.5, 0.6) is 0 Å². The molecule has 0 aromatic carbocycles. The molecule has 0 radical (unpaired) electrons. The first-order valence-electron chi connectivity index (χ1n) is 4.78. The van der Waals surface area contributed by atoms with Gasteiger partial charge in [0.1, 0.15) is 6.26 Å². The van der Waals surface area contributed by atoms with Gasteiger partial charge in [0.2, 0.25) is 0 Å². The lowest BCUT2D eigenvalue weighted by molar-refractivity contribution is -0.237. The predicted octanol–water partition coefficient (Wildman–Crippen LogP) is 1.13. The van der Waals surface area contributed by atoms with Gasteiger partial charge in [0.05, 0.1) is 7.11 Å². The maximum Gasteiger partial charge on any atom is 0.352 e. The zero-order valence-corrected chi connectivity index (χ0v) is 9.03. The van der Waals surface area contributed by atoms with Crippen molar-refractivity contribution in [1.82, 2.24) is 0 Å². The Morgan fingerprint density at radius 2 is 1.67 bits per heavy atom. The molecule has 1 saturated heterocycles. The maximum atomic E-state index is 11.5. The summed E-state index contributed by atoms with van der Waals surface area (Å²) in [5.74, 6) is -2.51. The van der Waals surface area contributed by atoms with Crippen molar-refractivity contribution in [2.75, 3.05) is 7.11 Å². The van der Waals surface area contributed by atoms with E-state index >= 15 is 0 Å². The minimum Gasteiger partial charge on any atom is -0.503 e. The van der Waals surface area contributed by atoms with Crippen molar-refractivity contribution >= 4 is 11.9 Å². The molecule has 0 bridgehead atoms. The van der Waals surface area contributed by atoms with Crippen molar-refractivity contribution in [2.24, 2.45) is 0 Å². The number of rotatable bonds is 3. The van der Waals surface area contributed by atoms with Gasteiger partial charge in [-0.25, -0.2) is 9.59 Å². The second-order valence-corrected chi connectivity index (χ2v) is 3.16. The monoisotopic (exact) mass is 214 g/mol. The van der Waals surface area contributed by atoms with Crippen molar-refractivity contribution in [3.05, 3.63) is 11.8 Å². The molecule has 1 rings (SSSR count). The molecule has 5 heteroatoms. The minimum atomic E-state index is -1.11. The van der Waals surface area contributed by atoms with Crippen molar-refractivity contribution in [3.63, 3.8) is 0 Å². The summed E-state index contributed by atoms with van der Waals surface area (Å²) in [6.07, 6.45) is 1.89. The summed E-state index contributed by atoms with van der Waals surface area (Å²) >= 11 is 0. The van der Waals surface area contributed by atoms with Gasteiger partial charge in [-0.05, 0) is 0 Å². The molecule has 0 aromatic rings. The molecule has 0 spiro atoms. The summed E-state index contributed by atoms with van der Waals surface area (Å²) in [5, 5.41) is 0. The van der Waals surface area contributed by atoms with Crippen LogP contribution in [0.3, 0.4) is 0 Å². The summed E-state index contributed by atoms with van der Waals surface area (Å²) in [4.78, 5) is 22.9. The number of ether oxygens (including phenoxy) is 3. The van der Waals surface area contributed by atoms with E-state index in [4.69, 9.17) is 9.47 Å². The molecule has 1 fully saturated rings. The van der Waals surface area contributed by atoms with Gasteiger partial charge >= 0.3 is 11.9 Å². The van der Waals surface area contributed by atoms with Crippen LogP contribution < -0.4 is 0 Å². The molecule has 15 heavy (non-hydrogen) atoms. The van der Waals surface area contributed by atoms with Crippen LogP contribution in [0, 0.1) is 0 Å². The first-order valence-corrected chi connectivity index (χ1v) is 4.78. The van der Waals surface area contributed by atoms with Gasteiger partial charge in [-0.2, -0.15) is 0 Å². The van der Waals surface area contributed by atoms with E-state index in [0.29, 0.717) is 12.8 Å². The molecule has 0 atom stereocenters. The van der Waals surface area contributed by atoms with E-state index in [1.807, 2.05) is 0 Å². The molecule has 0 aromatic heterocycles. The van der Waals surface area contributed by atoms with Gasteiger partial charge in [-0.1, -0.05) is 13.8 Å². The van der Waals surface area contributed by atoms with Gasteiger partial charge in [0, 0.05) is 12.8 Å². The number of hydrogen-bond acceptors (Lipinski definition) is 5. The lowest BCUT2D eigenvalue weighted by atomic mass is 10.1. The van der Waals surface area contributed by atoms with Gasteiger partial charge in [-0.15, -0.1) is 0 Å². The number of cyclic esters (lactones) is 2. The van der Waals surface area contributed by atoms with Crippen molar-refractivity contribution in [3.8, 4) is 0 Å². The zero-order chi connectivity index (χ0) is 11.5. The Hall–Kier alpha value is -1.52. The van der Waals surface area contributed by atoms with E-state index in [0.717, 1.165) is 6.26 Å². The molecular weight excluding hydrogens is 200 g/mol. The summed E-state index contributed by atoms with van der Waals surface area (Å²) in [5.41, 5.74) is -0.213. The highest BCUT2D eigenvalue weighted by atomic mass is 16.7. The van der Waals surface area contributed by atoms with E-state index in [-0.39, 0.29) is 5.57 Å². The van der Waals surface area contributed by atoms with E-state index in [2.05, 4.69) is 4.74 Å². The molecule has 0 saturated carbocycles. The average molecular weight is 214 g/mol. The lowest BCUT2D eigenvalue weighted by Crippen LogP contribution is -2.45. The second kappa shape index (κ2) is 4.33. The Balaban J connectivity index is 2.93. The largest absolute Gasteiger partial charge is 0.503 e. The summed E-state index contributed by atoms with van der Waals surface area (Å²) in [6.45, 7) is 3.57. The van der Waals surface area contributed by atoms with Crippen LogP contribution >= 0.6 is 0 Å². The lowest BCUT2D eigenvalue weighted by Gasteiger charge is -2.34. The zero-order valence-electron chi connectivity index (χ0n) is 9.03. The Bertz CT molecular complexity index is 279. The molecule has 0 unspecified atom stereocenters. The molecule has 84 valence electrons. The SMILES string of the molecule is CCC1(CC)OC(=O)C(=COC)C(=O)O1. The minimum absolute atomic E-state index is 0.213. The molecule has 0 amide bonds. The smallest absolute Gasteiger partial charge is 0.352 e. The van der Waals surface area contributed by atoms with Crippen LogP contribution in [0.1, 0.15) is 26.7 Å². The molecule has 5 nitrogen and oxygen atoms in total. The number of methoxy groups -OCH3 is 1. The first kappa shape index (κ1) is 11.6. The molecule has 1 aliphatic rings. The molecule has 0 N–H and O–H groups in total. The van der Waals surface area contributed by atoms with Crippen molar-refractivity contribution in [2.45, 2.75) is 32.5 Å². The third kappa shape index (κ3) is 2.11. The number of carbonyl (C=O) groups excluding carboxylic acids is 2. The second-order valence-electron chi connectivity index (χ2n) is 3.16. The topological polar surface area (TPSA) is 61.8 Å². The van der Waals surface area contributed by atoms with Crippen LogP contribution in [0.2, 0.25) is 0 Å². The fourth-order valence-electron chi connectivity index (χ4n) is 1.30. The van der Waals surface area contributed by atoms with Crippen molar-refractivity contribution < 1.29 is 23.8 Å². The fourth-order valence-corrected chi connectivity index (χ4v) is 1.30. The highest BCUT2D eigenvalue weighted by Gasteiger charge is 2.43. The van der Waals surface area contributed by atoms with E-state index in [9.17, 15) is 9.59 Å². The van der Waals surface area contributed by atoms with Crippen LogP contribution in [0.4, 0.5) is 0 Å². The van der Waals surface area contributed by atoms with E-state index < -0.39 is 17.7 Å². The van der Waals surface area contributed by atoms with Gasteiger partial charge in [0.25, 0.3) is 5.79 Å². The summed E-state index contributed by atoms with van der Waals surface area (Å²) < 4.78 is 14.7. The Kier molecular flexibility index (Phi) is 3.34. The van der Waals surface area contributed by atoms with Crippen molar-refractivity contribution in [1.29, 1.82) is 0 Å². The molecule has 0 aliphatic carbocycles. The van der Waals surface area contributed by atoms with E-state index in [1.165, 1.54) is 7.11 Å². The molecule has 1 aliphatic heterocycles. The third-order valence-corrected chi connectivity index (χ3v) is 2.31. The number of carbonyl (C=O) groups is 2. The van der Waals surface area contributed by atoms with Crippen LogP contribution in [0.15, 0.2) is 11.8 Å². The first-order chi connectivity index (χ1) is 7.08. The number of hydrogen-bond donors (Lipinski definition) is 0. The molecular formula is C10H14O5. The normalized spacial score (nSPS) is 19.3. The van der Waals surface area contributed by atoms with E-state index in [1.54, 1.807) is 13.8 Å². The van der Waals surface area contributed by atoms with Gasteiger partial charge in [-0.3, -0.25) is 0 Å². The highest BCUT2D eigenvalue weighted by molar-refractivity contribution is 6.15. The van der Waals surface area contributed by atoms with Crippen LogP contribution in [-0.4, -0.2) is 24.8 Å². The summed E-state index contributed by atoms with van der Waals surface area (Å²) in [7, 11) is 1.34. The predicted molar refractivity (Wildman–Crippen MR) is 50.6 cm³/mol. The van der Waals surface area contributed by atoms with Gasteiger partial charge in [0.15, 0.2) is 5.57 Å². The highest BCUT2D eigenvalue weighted by Crippen LogP contribution is 2.29.